The Morgan fingerprint density at radius 2 is 1.49 bits per heavy atom. The second kappa shape index (κ2) is 10.7. The van der Waals surface area contributed by atoms with Gasteiger partial charge in [0, 0.05) is 44.3 Å². The van der Waals surface area contributed by atoms with Crippen molar-refractivity contribution in [3.05, 3.63) is 121 Å². The maximum atomic E-state index is 14.0. The van der Waals surface area contributed by atoms with Gasteiger partial charge in [-0.15, -0.1) is 0 Å². The normalized spacial score (nSPS) is 16.4. The molecule has 177 valence electrons. The lowest BCUT2D eigenvalue weighted by Gasteiger charge is -2.41. The number of nitrogens with zero attached hydrogens (tertiary/aromatic N) is 4. The quantitative estimate of drug-likeness (QED) is 0.389. The third kappa shape index (κ3) is 5.20. The molecule has 5 nitrogen and oxygen atoms in total. The summed E-state index contributed by atoms with van der Waals surface area (Å²) in [5, 5.41) is 0. The molecule has 0 N–H and O–H groups in total. The Labute approximate surface area is 207 Å². The fraction of sp³-hybridized carbons (Fsp3) is 0.233. The van der Waals surface area contributed by atoms with Crippen molar-refractivity contribution in [1.82, 2.24) is 19.4 Å². The average molecular weight is 464 g/mol. The van der Waals surface area contributed by atoms with Crippen molar-refractivity contribution in [2.24, 2.45) is 0 Å². The highest BCUT2D eigenvalue weighted by Crippen LogP contribution is 2.27. The summed E-state index contributed by atoms with van der Waals surface area (Å²) in [6, 6.07) is 31.1. The Morgan fingerprint density at radius 3 is 2.14 bits per heavy atom. The molecule has 35 heavy (non-hydrogen) atoms. The van der Waals surface area contributed by atoms with Gasteiger partial charge in [-0.25, -0.2) is 4.98 Å². The van der Waals surface area contributed by atoms with E-state index in [1.54, 1.807) is 6.33 Å². The SMILES string of the molecule is [CH2]Cn1cnc(C(=O)N2CCN(Cc3ccccc3)C[C@H]2Cc2ccccc2)c1-c1ccccc1. The highest BCUT2D eigenvalue weighted by Gasteiger charge is 2.33. The first-order valence-electron chi connectivity index (χ1n) is 12.2. The first-order valence-corrected chi connectivity index (χ1v) is 12.2. The van der Waals surface area contributed by atoms with Gasteiger partial charge in [-0.1, -0.05) is 91.0 Å². The number of carbonyl (C=O) groups is 1. The zero-order valence-electron chi connectivity index (χ0n) is 20.0. The fourth-order valence-corrected chi connectivity index (χ4v) is 4.98. The first kappa shape index (κ1) is 23.1. The standard InChI is InChI=1S/C30H31N4O/c1-2-33-23-31-28(29(33)26-16-10-5-11-17-26)30(35)34-19-18-32(21-25-14-8-4-9-15-25)22-27(34)20-24-12-6-3-7-13-24/h3-17,23,27H,1-2,18-22H2/t27-/m1/s1. The number of amides is 1. The van der Waals surface area contributed by atoms with Gasteiger partial charge in [0.05, 0.1) is 12.0 Å². The van der Waals surface area contributed by atoms with Gasteiger partial charge in [0.15, 0.2) is 5.69 Å². The summed E-state index contributed by atoms with van der Waals surface area (Å²) in [5.41, 5.74) is 4.87. The largest absolute Gasteiger partial charge is 0.331 e. The number of imidazole rings is 1. The van der Waals surface area contributed by atoms with E-state index in [0.29, 0.717) is 18.8 Å². The fourth-order valence-electron chi connectivity index (χ4n) is 4.98. The number of piperazine rings is 1. The third-order valence-electron chi connectivity index (χ3n) is 6.72. The summed E-state index contributed by atoms with van der Waals surface area (Å²) in [5.74, 6) is -0.00338. The predicted molar refractivity (Wildman–Crippen MR) is 140 cm³/mol. The highest BCUT2D eigenvalue weighted by atomic mass is 16.2. The van der Waals surface area contributed by atoms with Crippen molar-refractivity contribution in [2.45, 2.75) is 25.6 Å². The summed E-state index contributed by atoms with van der Waals surface area (Å²) in [7, 11) is 0. The summed E-state index contributed by atoms with van der Waals surface area (Å²) in [6.07, 6.45) is 2.55. The Hall–Kier alpha value is -3.70. The van der Waals surface area contributed by atoms with Gasteiger partial charge in [0.25, 0.3) is 5.91 Å². The van der Waals surface area contributed by atoms with E-state index >= 15 is 0 Å². The van der Waals surface area contributed by atoms with Gasteiger partial charge >= 0.3 is 0 Å². The van der Waals surface area contributed by atoms with Crippen LogP contribution in [0.1, 0.15) is 21.6 Å². The van der Waals surface area contributed by atoms with Crippen LogP contribution in [0.15, 0.2) is 97.3 Å². The summed E-state index contributed by atoms with van der Waals surface area (Å²) in [6.45, 7) is 7.78. The molecule has 1 atom stereocenters. The minimum Gasteiger partial charge on any atom is -0.331 e. The van der Waals surface area contributed by atoms with E-state index in [4.69, 9.17) is 0 Å². The molecule has 1 saturated heterocycles. The maximum Gasteiger partial charge on any atom is 0.275 e. The summed E-state index contributed by atoms with van der Waals surface area (Å²) < 4.78 is 1.96. The van der Waals surface area contributed by atoms with E-state index in [1.165, 1.54) is 11.1 Å². The average Bonchev–Trinajstić information content (AvgIpc) is 3.34. The molecule has 1 aromatic heterocycles. The van der Waals surface area contributed by atoms with E-state index in [9.17, 15) is 4.79 Å². The Morgan fingerprint density at radius 1 is 0.857 bits per heavy atom. The van der Waals surface area contributed by atoms with Crippen LogP contribution in [0.3, 0.4) is 0 Å². The van der Waals surface area contributed by atoms with Crippen LogP contribution >= 0.6 is 0 Å². The molecule has 0 saturated carbocycles. The molecule has 0 unspecified atom stereocenters. The van der Waals surface area contributed by atoms with E-state index in [1.807, 2.05) is 51.9 Å². The van der Waals surface area contributed by atoms with E-state index in [0.717, 1.165) is 37.3 Å². The highest BCUT2D eigenvalue weighted by molar-refractivity contribution is 5.98. The Kier molecular flexibility index (Phi) is 7.05. The minimum atomic E-state index is -0.00338. The summed E-state index contributed by atoms with van der Waals surface area (Å²) in [4.78, 5) is 23.1. The molecule has 1 fully saturated rings. The van der Waals surface area contributed by atoms with Crippen molar-refractivity contribution in [3.63, 3.8) is 0 Å². The molecule has 1 radical (unpaired) electrons. The maximum absolute atomic E-state index is 14.0. The molecule has 4 aromatic rings. The molecule has 3 aromatic carbocycles. The number of benzene rings is 3. The van der Waals surface area contributed by atoms with Gasteiger partial charge in [-0.05, 0) is 24.5 Å². The predicted octanol–water partition coefficient (Wildman–Crippen LogP) is 4.95. The second-order valence-corrected chi connectivity index (χ2v) is 9.06. The number of hydrogen-bond acceptors (Lipinski definition) is 3. The van der Waals surface area contributed by atoms with Crippen LogP contribution in [0.5, 0.6) is 0 Å². The van der Waals surface area contributed by atoms with Gasteiger partial charge < -0.3 is 9.47 Å². The molecule has 0 spiro atoms. The van der Waals surface area contributed by atoms with Crippen LogP contribution in [-0.2, 0) is 19.5 Å². The molecule has 1 aliphatic heterocycles. The lowest BCUT2D eigenvalue weighted by Crippen LogP contribution is -2.55. The van der Waals surface area contributed by atoms with E-state index < -0.39 is 0 Å². The number of rotatable bonds is 7. The summed E-state index contributed by atoms with van der Waals surface area (Å²) >= 11 is 0. The lowest BCUT2D eigenvalue weighted by molar-refractivity contribution is 0.0434. The van der Waals surface area contributed by atoms with E-state index in [-0.39, 0.29) is 11.9 Å². The zero-order valence-corrected chi connectivity index (χ0v) is 20.0. The third-order valence-corrected chi connectivity index (χ3v) is 6.72. The van der Waals surface area contributed by atoms with Crippen LogP contribution in [0.25, 0.3) is 11.3 Å². The first-order chi connectivity index (χ1) is 17.2. The van der Waals surface area contributed by atoms with Crippen molar-refractivity contribution in [3.8, 4) is 11.3 Å². The van der Waals surface area contributed by atoms with Gasteiger partial charge in [-0.2, -0.15) is 0 Å². The lowest BCUT2D eigenvalue weighted by atomic mass is 10.0. The van der Waals surface area contributed by atoms with Gasteiger partial charge in [-0.3, -0.25) is 9.69 Å². The van der Waals surface area contributed by atoms with Crippen molar-refractivity contribution in [2.75, 3.05) is 19.6 Å². The Balaban J connectivity index is 1.43. The van der Waals surface area contributed by atoms with Gasteiger partial charge in [0.2, 0.25) is 0 Å². The second-order valence-electron chi connectivity index (χ2n) is 9.06. The molecular weight excluding hydrogens is 432 g/mol. The smallest absolute Gasteiger partial charge is 0.275 e. The molecule has 5 rings (SSSR count). The van der Waals surface area contributed by atoms with Crippen LogP contribution in [0.2, 0.25) is 0 Å². The van der Waals surface area contributed by atoms with Crippen molar-refractivity contribution >= 4 is 5.91 Å². The molecule has 2 heterocycles. The van der Waals surface area contributed by atoms with Crippen molar-refractivity contribution < 1.29 is 4.79 Å². The van der Waals surface area contributed by atoms with Crippen LogP contribution < -0.4 is 0 Å². The molecule has 0 aliphatic carbocycles. The van der Waals surface area contributed by atoms with Crippen LogP contribution in [0, 0.1) is 6.92 Å². The topological polar surface area (TPSA) is 41.4 Å². The van der Waals surface area contributed by atoms with Crippen LogP contribution in [0.4, 0.5) is 0 Å². The molecular formula is C30H31N4O. The minimum absolute atomic E-state index is 0.00338. The zero-order chi connectivity index (χ0) is 24.0. The number of hydrogen-bond donors (Lipinski definition) is 0. The molecule has 1 amide bonds. The van der Waals surface area contributed by atoms with E-state index in [2.05, 4.69) is 65.3 Å². The molecule has 5 heteroatoms. The number of carbonyl (C=O) groups excluding carboxylic acids is 1. The Bertz CT molecular complexity index is 1240. The monoisotopic (exact) mass is 463 g/mol. The number of aromatic nitrogens is 2. The van der Waals surface area contributed by atoms with Gasteiger partial charge in [0.1, 0.15) is 0 Å². The molecule has 1 aliphatic rings. The van der Waals surface area contributed by atoms with Crippen LogP contribution in [-0.4, -0.2) is 50.9 Å². The van der Waals surface area contributed by atoms with Crippen molar-refractivity contribution in [1.29, 1.82) is 0 Å². The molecule has 0 bridgehead atoms.